The highest BCUT2D eigenvalue weighted by atomic mass is 35.5. The summed E-state index contributed by atoms with van der Waals surface area (Å²) < 4.78 is 19.6. The van der Waals surface area contributed by atoms with Gasteiger partial charge in [-0.1, -0.05) is 18.2 Å². The number of morpholine rings is 1. The molecular weight excluding hydrogens is 382 g/mol. The Balaban J connectivity index is 0.00000169. The third-order valence-corrected chi connectivity index (χ3v) is 3.91. The van der Waals surface area contributed by atoms with Gasteiger partial charge in [0.15, 0.2) is 0 Å². The maximum atomic E-state index is 14.3. The number of nitrogens with one attached hydrogen (secondary N) is 1. The van der Waals surface area contributed by atoms with Crippen molar-refractivity contribution in [2.24, 2.45) is 0 Å². The third-order valence-electron chi connectivity index (χ3n) is 3.91. The van der Waals surface area contributed by atoms with Crippen molar-refractivity contribution >= 4 is 42.2 Å². The van der Waals surface area contributed by atoms with Crippen molar-refractivity contribution in [2.75, 3.05) is 37.4 Å². The number of ether oxygens (including phenoxy) is 1. The number of amides is 1. The van der Waals surface area contributed by atoms with E-state index in [4.69, 9.17) is 10.5 Å². The van der Waals surface area contributed by atoms with E-state index in [1.54, 1.807) is 30.3 Å². The molecule has 3 rings (SSSR count). The van der Waals surface area contributed by atoms with E-state index in [9.17, 15) is 9.18 Å². The van der Waals surface area contributed by atoms with Crippen molar-refractivity contribution in [1.82, 2.24) is 9.88 Å². The number of nitrogens with two attached hydrogens (primary N) is 1. The van der Waals surface area contributed by atoms with Gasteiger partial charge in [-0.2, -0.15) is 0 Å². The van der Waals surface area contributed by atoms with Gasteiger partial charge in [0, 0.05) is 18.7 Å². The number of carbonyl (C=O) groups is 1. The van der Waals surface area contributed by atoms with Crippen LogP contribution in [0.3, 0.4) is 0 Å². The zero-order valence-corrected chi connectivity index (χ0v) is 15.6. The van der Waals surface area contributed by atoms with Crippen LogP contribution in [0.1, 0.15) is 11.6 Å². The Labute approximate surface area is 163 Å². The molecule has 3 N–H and O–H groups in total. The highest BCUT2D eigenvalue weighted by Gasteiger charge is 2.31. The standard InChI is InChI=1S/C17H19FN4O2.2ClH/c18-14-4-2-1-3-13(14)16(22-7-9-24-10-8-22)17(23)21-12-5-6-15(19)20-11-12;;/h1-6,11,16H,7-10H2,(H2,19,20)(H,21,23);2*1H. The summed E-state index contributed by atoms with van der Waals surface area (Å²) in [5.41, 5.74) is 6.41. The van der Waals surface area contributed by atoms with Gasteiger partial charge in [-0.3, -0.25) is 9.69 Å². The first-order valence-electron chi connectivity index (χ1n) is 7.74. The van der Waals surface area contributed by atoms with Gasteiger partial charge in [0.25, 0.3) is 0 Å². The average molecular weight is 403 g/mol. The molecular formula is C17H21Cl2FN4O2. The van der Waals surface area contributed by atoms with Gasteiger partial charge in [-0.25, -0.2) is 9.37 Å². The molecule has 9 heteroatoms. The minimum atomic E-state index is -0.729. The highest BCUT2D eigenvalue weighted by Crippen LogP contribution is 2.26. The number of aromatic nitrogens is 1. The second kappa shape index (κ2) is 10.3. The van der Waals surface area contributed by atoms with Crippen molar-refractivity contribution in [2.45, 2.75) is 6.04 Å². The summed E-state index contributed by atoms with van der Waals surface area (Å²) in [6, 6.07) is 8.87. The summed E-state index contributed by atoms with van der Waals surface area (Å²) in [5, 5.41) is 2.79. The summed E-state index contributed by atoms with van der Waals surface area (Å²) in [4.78, 5) is 18.7. The molecule has 1 saturated heterocycles. The van der Waals surface area contributed by atoms with E-state index in [1.807, 2.05) is 4.90 Å². The fourth-order valence-electron chi connectivity index (χ4n) is 2.73. The highest BCUT2D eigenvalue weighted by molar-refractivity contribution is 5.95. The Morgan fingerprint density at radius 1 is 1.19 bits per heavy atom. The second-order valence-corrected chi connectivity index (χ2v) is 5.53. The molecule has 1 aromatic heterocycles. The molecule has 1 aliphatic rings. The van der Waals surface area contributed by atoms with Crippen LogP contribution < -0.4 is 11.1 Å². The van der Waals surface area contributed by atoms with Gasteiger partial charge in [-0.05, 0) is 18.2 Å². The molecule has 142 valence electrons. The number of hydrogen-bond acceptors (Lipinski definition) is 5. The van der Waals surface area contributed by atoms with E-state index < -0.39 is 11.9 Å². The topological polar surface area (TPSA) is 80.5 Å². The number of hydrogen-bond donors (Lipinski definition) is 2. The first-order chi connectivity index (χ1) is 11.6. The minimum Gasteiger partial charge on any atom is -0.384 e. The smallest absolute Gasteiger partial charge is 0.246 e. The Morgan fingerprint density at radius 3 is 2.50 bits per heavy atom. The van der Waals surface area contributed by atoms with Crippen molar-refractivity contribution in [3.05, 3.63) is 54.0 Å². The monoisotopic (exact) mass is 402 g/mol. The lowest BCUT2D eigenvalue weighted by atomic mass is 10.0. The van der Waals surface area contributed by atoms with Crippen LogP contribution >= 0.6 is 24.8 Å². The van der Waals surface area contributed by atoms with Crippen LogP contribution in [0.2, 0.25) is 0 Å². The van der Waals surface area contributed by atoms with Crippen LogP contribution in [0.5, 0.6) is 0 Å². The molecule has 6 nitrogen and oxygen atoms in total. The van der Waals surface area contributed by atoms with Crippen molar-refractivity contribution in [3.63, 3.8) is 0 Å². The summed E-state index contributed by atoms with van der Waals surface area (Å²) >= 11 is 0. The Morgan fingerprint density at radius 2 is 1.88 bits per heavy atom. The predicted octanol–water partition coefficient (Wildman–Crippen LogP) is 2.66. The number of halogens is 3. The van der Waals surface area contributed by atoms with Gasteiger partial charge >= 0.3 is 0 Å². The minimum absolute atomic E-state index is 0. The molecule has 1 fully saturated rings. The number of rotatable bonds is 4. The largest absolute Gasteiger partial charge is 0.384 e. The summed E-state index contributed by atoms with van der Waals surface area (Å²) in [6.07, 6.45) is 1.48. The molecule has 2 heterocycles. The Bertz CT molecular complexity index is 712. The summed E-state index contributed by atoms with van der Waals surface area (Å²) in [6.45, 7) is 2.15. The van der Waals surface area contributed by atoms with E-state index in [2.05, 4.69) is 10.3 Å². The molecule has 0 bridgehead atoms. The summed E-state index contributed by atoms with van der Waals surface area (Å²) in [7, 11) is 0. The number of nitrogens with zero attached hydrogens (tertiary/aromatic N) is 2. The first kappa shape index (κ1) is 22.1. The molecule has 26 heavy (non-hydrogen) atoms. The lowest BCUT2D eigenvalue weighted by Gasteiger charge is -2.33. The van der Waals surface area contributed by atoms with E-state index in [1.165, 1.54) is 12.3 Å². The molecule has 1 amide bonds. The fourth-order valence-corrected chi connectivity index (χ4v) is 2.73. The van der Waals surface area contributed by atoms with Gasteiger partial charge in [-0.15, -0.1) is 24.8 Å². The fraction of sp³-hybridized carbons (Fsp3) is 0.294. The SMILES string of the molecule is Cl.Cl.Nc1ccc(NC(=O)C(c2ccccc2F)N2CCOCC2)cn1. The van der Waals surface area contributed by atoms with E-state index in [0.717, 1.165) is 0 Å². The van der Waals surface area contributed by atoms with Crippen LogP contribution in [-0.4, -0.2) is 42.1 Å². The Hall–Kier alpha value is -1.93. The quantitative estimate of drug-likeness (QED) is 0.821. The van der Waals surface area contributed by atoms with Crippen molar-refractivity contribution in [3.8, 4) is 0 Å². The van der Waals surface area contributed by atoms with E-state index >= 15 is 0 Å². The number of anilines is 2. The molecule has 0 aliphatic carbocycles. The Kier molecular flexibility index (Phi) is 8.74. The summed E-state index contributed by atoms with van der Waals surface area (Å²) in [5.74, 6) is -0.347. The van der Waals surface area contributed by atoms with Crippen LogP contribution in [0.25, 0.3) is 0 Å². The maximum Gasteiger partial charge on any atom is 0.246 e. The van der Waals surface area contributed by atoms with Crippen LogP contribution in [-0.2, 0) is 9.53 Å². The molecule has 0 radical (unpaired) electrons. The van der Waals surface area contributed by atoms with Crippen molar-refractivity contribution < 1.29 is 13.9 Å². The van der Waals surface area contributed by atoms with E-state index in [-0.39, 0.29) is 30.7 Å². The normalized spacial score (nSPS) is 15.3. The predicted molar refractivity (Wildman–Crippen MR) is 103 cm³/mol. The lowest BCUT2D eigenvalue weighted by molar-refractivity contribution is -0.123. The van der Waals surface area contributed by atoms with Crippen LogP contribution in [0.15, 0.2) is 42.6 Å². The molecule has 2 aromatic rings. The van der Waals surface area contributed by atoms with Gasteiger partial charge in [0.1, 0.15) is 17.7 Å². The molecule has 1 atom stereocenters. The van der Waals surface area contributed by atoms with Crippen LogP contribution in [0, 0.1) is 5.82 Å². The van der Waals surface area contributed by atoms with Gasteiger partial charge < -0.3 is 15.8 Å². The number of pyridine rings is 1. The molecule has 0 spiro atoms. The number of benzene rings is 1. The lowest BCUT2D eigenvalue weighted by Crippen LogP contribution is -2.44. The number of carbonyl (C=O) groups excluding carboxylic acids is 1. The third kappa shape index (κ3) is 5.28. The molecule has 1 aromatic carbocycles. The molecule has 1 unspecified atom stereocenters. The first-order valence-corrected chi connectivity index (χ1v) is 7.74. The maximum absolute atomic E-state index is 14.3. The number of nitrogen functional groups attached to an aromatic ring is 1. The van der Waals surface area contributed by atoms with Crippen LogP contribution in [0.4, 0.5) is 15.9 Å². The van der Waals surface area contributed by atoms with Crippen molar-refractivity contribution in [1.29, 1.82) is 0 Å². The molecule has 0 saturated carbocycles. The van der Waals surface area contributed by atoms with E-state index in [0.29, 0.717) is 43.4 Å². The zero-order chi connectivity index (χ0) is 16.9. The average Bonchev–Trinajstić information content (AvgIpc) is 2.60. The molecule has 1 aliphatic heterocycles. The second-order valence-electron chi connectivity index (χ2n) is 5.53. The zero-order valence-electron chi connectivity index (χ0n) is 13.9. The van der Waals surface area contributed by atoms with Gasteiger partial charge in [0.05, 0.1) is 25.1 Å². The van der Waals surface area contributed by atoms with Gasteiger partial charge in [0.2, 0.25) is 5.91 Å².